The van der Waals surface area contributed by atoms with Gasteiger partial charge in [-0.3, -0.25) is 4.79 Å². The summed E-state index contributed by atoms with van der Waals surface area (Å²) in [6, 6.07) is -0.884. The lowest BCUT2D eigenvalue weighted by atomic mass is 10.2. The maximum Gasteiger partial charge on any atom is 0.327 e. The van der Waals surface area contributed by atoms with E-state index in [1.807, 2.05) is 0 Å². The van der Waals surface area contributed by atoms with Gasteiger partial charge in [-0.1, -0.05) is 34.8 Å². The minimum atomic E-state index is -1.06. The molecule has 0 spiro atoms. The Morgan fingerprint density at radius 1 is 1.37 bits per heavy atom. The molecule has 0 saturated carbocycles. The van der Waals surface area contributed by atoms with Crippen LogP contribution < -0.4 is 0 Å². The molecule has 1 atom stereocenters. The quantitative estimate of drug-likeness (QED) is 0.895. The molecule has 1 aromatic heterocycles. The van der Waals surface area contributed by atoms with Gasteiger partial charge in [0.15, 0.2) is 0 Å². The van der Waals surface area contributed by atoms with Gasteiger partial charge in [0.1, 0.15) is 11.7 Å². The summed E-state index contributed by atoms with van der Waals surface area (Å²) in [7, 11) is 0. The molecule has 9 heteroatoms. The van der Waals surface area contributed by atoms with Crippen LogP contribution >= 0.6 is 46.6 Å². The third kappa shape index (κ3) is 2.76. The van der Waals surface area contributed by atoms with Gasteiger partial charge in [-0.05, 0) is 0 Å². The summed E-state index contributed by atoms with van der Waals surface area (Å²) in [5, 5.41) is 9.13. The normalized spacial score (nSPS) is 18.7. The lowest BCUT2D eigenvalue weighted by Gasteiger charge is -2.20. The third-order valence-electron chi connectivity index (χ3n) is 2.55. The van der Waals surface area contributed by atoms with Crippen molar-refractivity contribution in [2.45, 2.75) is 6.04 Å². The van der Waals surface area contributed by atoms with Gasteiger partial charge in [0.25, 0.3) is 5.91 Å². The van der Waals surface area contributed by atoms with Crippen molar-refractivity contribution in [1.29, 1.82) is 0 Å². The number of pyridine rings is 1. The molecule has 2 rings (SSSR count). The second kappa shape index (κ2) is 5.75. The van der Waals surface area contributed by atoms with Crippen LogP contribution in [0.5, 0.6) is 0 Å². The Morgan fingerprint density at radius 3 is 2.68 bits per heavy atom. The van der Waals surface area contributed by atoms with Gasteiger partial charge in [-0.2, -0.15) is 0 Å². The van der Waals surface area contributed by atoms with Crippen LogP contribution in [0.3, 0.4) is 0 Å². The van der Waals surface area contributed by atoms with Crippen molar-refractivity contribution in [2.24, 2.45) is 0 Å². The number of halogens is 3. The fourth-order valence-corrected chi connectivity index (χ4v) is 3.28. The van der Waals surface area contributed by atoms with E-state index in [4.69, 9.17) is 39.9 Å². The average Bonchev–Trinajstić information content (AvgIpc) is 2.84. The highest BCUT2D eigenvalue weighted by Gasteiger charge is 2.36. The Labute approximate surface area is 127 Å². The molecule has 1 aliphatic heterocycles. The summed E-state index contributed by atoms with van der Waals surface area (Å²) in [5.41, 5.74) is -0.0928. The van der Waals surface area contributed by atoms with E-state index in [9.17, 15) is 9.59 Å². The smallest absolute Gasteiger partial charge is 0.327 e. The molecule has 1 saturated heterocycles. The summed E-state index contributed by atoms with van der Waals surface area (Å²) in [6.45, 7) is 0. The van der Waals surface area contributed by atoms with Crippen LogP contribution in [0.15, 0.2) is 6.20 Å². The maximum atomic E-state index is 12.2. The van der Waals surface area contributed by atoms with Gasteiger partial charge in [-0.15, -0.1) is 11.8 Å². The molecule has 1 aliphatic rings. The van der Waals surface area contributed by atoms with Gasteiger partial charge >= 0.3 is 5.97 Å². The van der Waals surface area contributed by atoms with E-state index in [-0.39, 0.29) is 26.6 Å². The van der Waals surface area contributed by atoms with E-state index < -0.39 is 17.9 Å². The fourth-order valence-electron chi connectivity index (χ4n) is 1.58. The largest absolute Gasteiger partial charge is 0.480 e. The summed E-state index contributed by atoms with van der Waals surface area (Å²) in [4.78, 5) is 28.3. The second-order valence-electron chi connectivity index (χ2n) is 3.71. The average molecular weight is 342 g/mol. The molecule has 0 radical (unpaired) electrons. The molecule has 1 aromatic rings. The number of amides is 1. The van der Waals surface area contributed by atoms with Crippen molar-refractivity contribution < 1.29 is 14.7 Å². The molecule has 1 unspecified atom stereocenters. The van der Waals surface area contributed by atoms with Gasteiger partial charge in [0.05, 0.1) is 20.9 Å². The molecule has 0 aromatic carbocycles. The Hall–Kier alpha value is -0.690. The van der Waals surface area contributed by atoms with E-state index in [1.165, 1.54) is 22.9 Å². The van der Waals surface area contributed by atoms with Gasteiger partial charge in [0, 0.05) is 11.9 Å². The predicted molar refractivity (Wildman–Crippen MR) is 74.2 cm³/mol. The summed E-state index contributed by atoms with van der Waals surface area (Å²) in [6.07, 6.45) is 1.21. The first-order valence-electron chi connectivity index (χ1n) is 5.04. The number of hydrogen-bond donors (Lipinski definition) is 1. The van der Waals surface area contributed by atoms with Crippen molar-refractivity contribution >= 4 is 58.4 Å². The Bertz CT molecular complexity index is 555. The van der Waals surface area contributed by atoms with Crippen LogP contribution in [0, 0.1) is 0 Å². The van der Waals surface area contributed by atoms with E-state index in [2.05, 4.69) is 4.98 Å². The van der Waals surface area contributed by atoms with Crippen LogP contribution in [0.25, 0.3) is 0 Å². The van der Waals surface area contributed by atoms with E-state index in [0.717, 1.165) is 0 Å². The molecule has 1 N–H and O–H groups in total. The zero-order valence-electron chi connectivity index (χ0n) is 9.27. The van der Waals surface area contributed by atoms with Crippen molar-refractivity contribution in [3.63, 3.8) is 0 Å². The molecule has 0 aliphatic carbocycles. The number of thioether (sulfide) groups is 1. The number of aliphatic carboxylic acids is 1. The lowest BCUT2D eigenvalue weighted by Crippen LogP contribution is -2.42. The zero-order chi connectivity index (χ0) is 14.2. The molecule has 5 nitrogen and oxygen atoms in total. The molecular weight excluding hydrogens is 335 g/mol. The summed E-state index contributed by atoms with van der Waals surface area (Å²) >= 11 is 18.8. The van der Waals surface area contributed by atoms with Crippen LogP contribution in [0.2, 0.25) is 15.1 Å². The van der Waals surface area contributed by atoms with Gasteiger partial charge in [0.2, 0.25) is 0 Å². The van der Waals surface area contributed by atoms with E-state index in [0.29, 0.717) is 5.75 Å². The summed E-state index contributed by atoms with van der Waals surface area (Å²) in [5.74, 6) is -1.02. The molecule has 19 heavy (non-hydrogen) atoms. The predicted octanol–water partition coefficient (Wildman–Crippen LogP) is 2.64. The SMILES string of the molecule is O=C(O)C1CSCN1C(=O)c1ncc(Cl)c(Cl)c1Cl. The molecule has 102 valence electrons. The molecule has 1 amide bonds. The number of hydrogen-bond acceptors (Lipinski definition) is 4. The van der Waals surface area contributed by atoms with Crippen LogP contribution in [-0.2, 0) is 4.79 Å². The minimum Gasteiger partial charge on any atom is -0.480 e. The number of carboxylic acids is 1. The van der Waals surface area contributed by atoms with Crippen molar-refractivity contribution in [2.75, 3.05) is 11.6 Å². The lowest BCUT2D eigenvalue weighted by molar-refractivity contribution is -0.140. The number of rotatable bonds is 2. The van der Waals surface area contributed by atoms with E-state index in [1.54, 1.807) is 0 Å². The Kier molecular flexibility index (Phi) is 4.45. The van der Waals surface area contributed by atoms with Crippen LogP contribution in [0.4, 0.5) is 0 Å². The van der Waals surface area contributed by atoms with Gasteiger partial charge < -0.3 is 10.0 Å². The van der Waals surface area contributed by atoms with Crippen LogP contribution in [0.1, 0.15) is 10.5 Å². The second-order valence-corrected chi connectivity index (χ2v) is 5.87. The first-order chi connectivity index (χ1) is 8.93. The minimum absolute atomic E-state index is 0.0282. The molecule has 1 fully saturated rings. The van der Waals surface area contributed by atoms with Crippen molar-refractivity contribution in [1.82, 2.24) is 9.88 Å². The molecule has 2 heterocycles. The first kappa shape index (κ1) is 14.7. The number of nitrogens with zero attached hydrogens (tertiary/aromatic N) is 2. The highest BCUT2D eigenvalue weighted by atomic mass is 35.5. The van der Waals surface area contributed by atoms with Crippen molar-refractivity contribution in [3.05, 3.63) is 27.0 Å². The molecular formula is C10H7Cl3N2O3S. The highest BCUT2D eigenvalue weighted by molar-refractivity contribution is 7.99. The summed E-state index contributed by atoms with van der Waals surface area (Å²) < 4.78 is 0. The first-order valence-corrected chi connectivity index (χ1v) is 7.33. The number of aromatic nitrogens is 1. The monoisotopic (exact) mass is 340 g/mol. The standard InChI is InChI=1S/C10H7Cl3N2O3S/c11-4-1-14-8(7(13)6(4)12)9(16)15-3-19-2-5(15)10(17)18/h1,5H,2-3H2,(H,17,18). The Balaban J connectivity index is 2.35. The van der Waals surface area contributed by atoms with E-state index >= 15 is 0 Å². The Morgan fingerprint density at radius 2 is 2.05 bits per heavy atom. The topological polar surface area (TPSA) is 70.5 Å². The number of carbonyl (C=O) groups is 2. The number of carboxylic acid groups (broad SMARTS) is 1. The van der Waals surface area contributed by atoms with Crippen molar-refractivity contribution in [3.8, 4) is 0 Å². The molecule has 0 bridgehead atoms. The number of carbonyl (C=O) groups excluding carboxylic acids is 1. The van der Waals surface area contributed by atoms with Crippen LogP contribution in [-0.4, -0.2) is 44.5 Å². The maximum absolute atomic E-state index is 12.2. The third-order valence-corrected chi connectivity index (χ3v) is 4.80. The van der Waals surface area contributed by atoms with Gasteiger partial charge in [-0.25, -0.2) is 9.78 Å². The zero-order valence-corrected chi connectivity index (χ0v) is 12.4. The highest BCUT2D eigenvalue weighted by Crippen LogP contribution is 2.33. The fraction of sp³-hybridized carbons (Fsp3) is 0.300.